The van der Waals surface area contributed by atoms with Crippen LogP contribution in [0.2, 0.25) is 0 Å². The zero-order valence-corrected chi connectivity index (χ0v) is 22.6. The highest BCUT2D eigenvalue weighted by Crippen LogP contribution is 2.45. The Morgan fingerprint density at radius 3 is 2.62 bits per heavy atom. The molecule has 1 aromatic heterocycles. The molecule has 0 radical (unpaired) electrons. The summed E-state index contributed by atoms with van der Waals surface area (Å²) in [6, 6.07) is 24.8. The van der Waals surface area contributed by atoms with Gasteiger partial charge in [0.15, 0.2) is 0 Å². The molecule has 1 unspecified atom stereocenters. The maximum absolute atomic E-state index is 13.7. The third-order valence-electron chi connectivity index (χ3n) is 7.88. The van der Waals surface area contributed by atoms with E-state index in [4.69, 9.17) is 9.72 Å². The van der Waals surface area contributed by atoms with Crippen LogP contribution in [0.15, 0.2) is 71.5 Å². The number of rotatable bonds is 8. The molecule has 0 bridgehead atoms. The van der Waals surface area contributed by atoms with Crippen molar-refractivity contribution in [2.75, 3.05) is 0 Å². The maximum atomic E-state index is 13.7. The van der Waals surface area contributed by atoms with E-state index in [-0.39, 0.29) is 11.7 Å². The molecule has 196 valence electrons. The minimum Gasteiger partial charge on any atom is -0.490 e. The first kappa shape index (κ1) is 25.1. The molecule has 5 heteroatoms. The van der Waals surface area contributed by atoms with Crippen molar-refractivity contribution in [3.63, 3.8) is 0 Å². The number of nitriles is 1. The Morgan fingerprint density at radius 2 is 1.87 bits per heavy atom. The van der Waals surface area contributed by atoms with Gasteiger partial charge in [-0.1, -0.05) is 67.9 Å². The van der Waals surface area contributed by atoms with Crippen LogP contribution in [0.4, 0.5) is 0 Å². The average molecular weight is 516 g/mol. The van der Waals surface area contributed by atoms with Gasteiger partial charge in [0.2, 0.25) is 0 Å². The van der Waals surface area contributed by atoms with Crippen molar-refractivity contribution in [3.8, 4) is 34.1 Å². The molecule has 1 atom stereocenters. The zero-order valence-electron chi connectivity index (χ0n) is 22.6. The molecule has 2 heterocycles. The fraction of sp³-hybridized carbons (Fsp3) is 0.324. The summed E-state index contributed by atoms with van der Waals surface area (Å²) in [6.45, 7) is 4.74. The predicted molar refractivity (Wildman–Crippen MR) is 154 cm³/mol. The molecule has 0 saturated heterocycles. The summed E-state index contributed by atoms with van der Waals surface area (Å²) in [6.07, 6.45) is 5.82. The normalized spacial score (nSPS) is 16.0. The summed E-state index contributed by atoms with van der Waals surface area (Å²) in [5.74, 6) is 2.05. The lowest BCUT2D eigenvalue weighted by Crippen LogP contribution is -2.25. The van der Waals surface area contributed by atoms with Gasteiger partial charge in [0, 0.05) is 24.5 Å². The van der Waals surface area contributed by atoms with Gasteiger partial charge in [-0.25, -0.2) is 0 Å². The van der Waals surface area contributed by atoms with Crippen molar-refractivity contribution < 1.29 is 4.74 Å². The fourth-order valence-corrected chi connectivity index (χ4v) is 5.84. The maximum Gasteiger partial charge on any atom is 0.281 e. The smallest absolute Gasteiger partial charge is 0.281 e. The Bertz CT molecular complexity index is 1630. The Kier molecular flexibility index (Phi) is 6.79. The molecule has 0 N–H and O–H groups in total. The van der Waals surface area contributed by atoms with Gasteiger partial charge < -0.3 is 9.30 Å². The quantitative estimate of drug-likeness (QED) is 0.252. The van der Waals surface area contributed by atoms with Crippen LogP contribution in [-0.4, -0.2) is 15.7 Å². The van der Waals surface area contributed by atoms with Crippen molar-refractivity contribution in [1.29, 1.82) is 5.26 Å². The number of hydrogen-bond donors (Lipinski definition) is 0. The van der Waals surface area contributed by atoms with Gasteiger partial charge in [-0.2, -0.15) is 10.2 Å². The molecule has 1 saturated carbocycles. The molecule has 4 aromatic rings. The van der Waals surface area contributed by atoms with Crippen molar-refractivity contribution >= 4 is 0 Å². The highest BCUT2D eigenvalue weighted by atomic mass is 16.5. The topological polar surface area (TPSA) is 67.9 Å². The summed E-state index contributed by atoms with van der Waals surface area (Å²) < 4.78 is 8.19. The molecule has 1 fully saturated rings. The van der Waals surface area contributed by atoms with Crippen LogP contribution in [-0.2, 0) is 19.4 Å². The second kappa shape index (κ2) is 10.5. The third kappa shape index (κ3) is 4.88. The molecule has 39 heavy (non-hydrogen) atoms. The summed E-state index contributed by atoms with van der Waals surface area (Å²) in [5.41, 5.74) is 7.27. The number of hydrogen-bond acceptors (Lipinski definition) is 4. The lowest BCUT2D eigenvalue weighted by molar-refractivity contribution is 0.254. The van der Waals surface area contributed by atoms with E-state index in [1.807, 2.05) is 60.7 Å². The highest BCUT2D eigenvalue weighted by molar-refractivity contribution is 5.72. The van der Waals surface area contributed by atoms with E-state index in [9.17, 15) is 10.1 Å². The van der Waals surface area contributed by atoms with E-state index < -0.39 is 0 Å². The van der Waals surface area contributed by atoms with Crippen molar-refractivity contribution in [2.45, 2.75) is 70.9 Å². The van der Waals surface area contributed by atoms with Gasteiger partial charge in [0.25, 0.3) is 5.56 Å². The fourth-order valence-electron chi connectivity index (χ4n) is 5.84. The first-order chi connectivity index (χ1) is 19.1. The lowest BCUT2D eigenvalue weighted by atomic mass is 9.95. The highest BCUT2D eigenvalue weighted by Gasteiger charge is 2.33. The molecule has 1 aliphatic heterocycles. The van der Waals surface area contributed by atoms with Gasteiger partial charge in [-0.3, -0.25) is 4.79 Å². The molecular formula is C34H33N3O2. The molecule has 0 spiro atoms. The number of aromatic nitrogens is 2. The summed E-state index contributed by atoms with van der Waals surface area (Å²) in [7, 11) is 0. The summed E-state index contributed by atoms with van der Waals surface area (Å²) >= 11 is 0. The van der Waals surface area contributed by atoms with Gasteiger partial charge in [-0.05, 0) is 66.1 Å². The van der Waals surface area contributed by atoms with Gasteiger partial charge in [-0.15, -0.1) is 0 Å². The predicted octanol–water partition coefficient (Wildman–Crippen LogP) is 7.04. The Balaban J connectivity index is 1.52. The third-order valence-corrected chi connectivity index (χ3v) is 7.88. The van der Waals surface area contributed by atoms with Crippen LogP contribution in [0.5, 0.6) is 5.75 Å². The number of ether oxygens (including phenoxy) is 1. The monoisotopic (exact) mass is 515 g/mol. The van der Waals surface area contributed by atoms with E-state index in [1.54, 1.807) is 0 Å². The first-order valence-corrected chi connectivity index (χ1v) is 14.1. The van der Waals surface area contributed by atoms with E-state index in [0.29, 0.717) is 23.6 Å². The van der Waals surface area contributed by atoms with Crippen LogP contribution in [0.25, 0.3) is 22.3 Å². The summed E-state index contributed by atoms with van der Waals surface area (Å²) in [4.78, 5) is 18.4. The molecule has 5 nitrogen and oxygen atoms in total. The molecule has 2 aliphatic rings. The first-order valence-electron chi connectivity index (χ1n) is 14.1. The minimum atomic E-state index is -0.148. The lowest BCUT2D eigenvalue weighted by Gasteiger charge is -2.22. The average Bonchev–Trinajstić information content (AvgIpc) is 3.72. The van der Waals surface area contributed by atoms with Crippen LogP contribution in [0.1, 0.15) is 73.7 Å². The Hall–Kier alpha value is -4.17. The standard InChI is InChI=1S/C34H33N3O2/c1-3-4-13-31-36-34(38)32(25-16-17-30-27(19-25)18-22(2)39-30)33(24-14-15-24)37(31)21-26-11-8-12-28(29(26)20-35)23-9-6-5-7-10-23/h5-12,16-17,19,22,24H,3-4,13-15,18,21H2,1-2H3. The van der Waals surface area contributed by atoms with Crippen molar-refractivity contribution in [1.82, 2.24) is 9.55 Å². The zero-order chi connectivity index (χ0) is 26.9. The molecule has 1 aliphatic carbocycles. The van der Waals surface area contributed by atoms with Crippen LogP contribution in [0.3, 0.4) is 0 Å². The number of fused-ring (bicyclic) bond motifs is 1. The molecular weight excluding hydrogens is 482 g/mol. The van der Waals surface area contributed by atoms with Crippen molar-refractivity contribution in [3.05, 3.63) is 105 Å². The second-order valence-electron chi connectivity index (χ2n) is 10.8. The van der Waals surface area contributed by atoms with Gasteiger partial charge in [0.1, 0.15) is 23.7 Å². The molecule has 3 aromatic carbocycles. The van der Waals surface area contributed by atoms with Crippen LogP contribution in [0, 0.1) is 11.3 Å². The Labute approximate surface area is 229 Å². The molecule has 0 amide bonds. The van der Waals surface area contributed by atoms with E-state index in [2.05, 4.69) is 30.6 Å². The number of aryl methyl sites for hydroxylation is 1. The number of unbranched alkanes of at least 4 members (excludes halogenated alkanes) is 1. The minimum absolute atomic E-state index is 0.144. The van der Waals surface area contributed by atoms with E-state index in [0.717, 1.165) is 83.6 Å². The number of benzene rings is 3. The number of nitrogens with zero attached hydrogens (tertiary/aromatic N) is 3. The second-order valence-corrected chi connectivity index (χ2v) is 10.8. The van der Waals surface area contributed by atoms with Crippen molar-refractivity contribution in [2.24, 2.45) is 0 Å². The van der Waals surface area contributed by atoms with Gasteiger partial charge in [0.05, 0.1) is 17.7 Å². The van der Waals surface area contributed by atoms with Crippen LogP contribution < -0.4 is 10.3 Å². The summed E-state index contributed by atoms with van der Waals surface area (Å²) in [5, 5.41) is 10.3. The Morgan fingerprint density at radius 1 is 1.05 bits per heavy atom. The van der Waals surface area contributed by atoms with Gasteiger partial charge >= 0.3 is 0 Å². The van der Waals surface area contributed by atoms with Crippen LogP contribution >= 0.6 is 0 Å². The SMILES string of the molecule is CCCCc1nc(=O)c(-c2ccc3c(c2)CC(C)O3)c(C2CC2)n1Cc1cccc(-c2ccccc2)c1C#N. The largest absolute Gasteiger partial charge is 0.490 e. The van der Waals surface area contributed by atoms with E-state index in [1.165, 1.54) is 0 Å². The molecule has 6 rings (SSSR count). The van der Waals surface area contributed by atoms with E-state index >= 15 is 0 Å².